The highest BCUT2D eigenvalue weighted by molar-refractivity contribution is 5.90. The summed E-state index contributed by atoms with van der Waals surface area (Å²) in [6, 6.07) is 25.1. The first kappa shape index (κ1) is 19.3. The van der Waals surface area contributed by atoms with Gasteiger partial charge in [0.1, 0.15) is 0 Å². The number of rotatable bonds is 6. The Balaban J connectivity index is 1.34. The van der Waals surface area contributed by atoms with Gasteiger partial charge in [-0.2, -0.15) is 10.2 Å². The molecule has 1 unspecified atom stereocenters. The van der Waals surface area contributed by atoms with Gasteiger partial charge in [0.25, 0.3) is 0 Å². The van der Waals surface area contributed by atoms with E-state index < -0.39 is 0 Å². The Bertz CT molecular complexity index is 1310. The molecule has 2 heterocycles. The van der Waals surface area contributed by atoms with Crippen LogP contribution in [0.2, 0.25) is 0 Å². The third kappa shape index (κ3) is 3.76. The van der Waals surface area contributed by atoms with Gasteiger partial charge in [-0.1, -0.05) is 54.6 Å². The molecule has 31 heavy (non-hydrogen) atoms. The standard InChI is InChI=1S/C26H25N5/c1-19(27-15-21-16-28-30(18-21)23-11-4-3-5-12-23)25-17-29-31(20(25)2)26-14-8-10-22-9-6-7-13-24(22)26/h3-14,16-19,27H,15H2,1-2H3. The molecular formula is C26H25N5. The molecule has 5 heteroatoms. The minimum atomic E-state index is 0.170. The normalized spacial score (nSPS) is 12.3. The number of nitrogens with zero attached hydrogens (tertiary/aromatic N) is 4. The van der Waals surface area contributed by atoms with E-state index >= 15 is 0 Å². The highest BCUT2D eigenvalue weighted by Gasteiger charge is 2.15. The number of hydrogen-bond donors (Lipinski definition) is 1. The van der Waals surface area contributed by atoms with E-state index in [1.54, 1.807) is 0 Å². The summed E-state index contributed by atoms with van der Waals surface area (Å²) in [6.45, 7) is 5.06. The van der Waals surface area contributed by atoms with Gasteiger partial charge in [-0.15, -0.1) is 0 Å². The lowest BCUT2D eigenvalue weighted by molar-refractivity contribution is 0.571. The Hall–Kier alpha value is -3.70. The zero-order valence-corrected chi connectivity index (χ0v) is 17.7. The van der Waals surface area contributed by atoms with Crippen molar-refractivity contribution in [2.75, 3.05) is 0 Å². The second kappa shape index (κ2) is 8.20. The van der Waals surface area contributed by atoms with Crippen LogP contribution in [0.4, 0.5) is 0 Å². The molecule has 0 fully saturated rings. The second-order valence-corrected chi connectivity index (χ2v) is 7.83. The van der Waals surface area contributed by atoms with E-state index in [4.69, 9.17) is 5.10 Å². The van der Waals surface area contributed by atoms with Crippen LogP contribution >= 0.6 is 0 Å². The van der Waals surface area contributed by atoms with Crippen LogP contribution < -0.4 is 5.32 Å². The molecule has 5 nitrogen and oxygen atoms in total. The molecule has 0 radical (unpaired) electrons. The van der Waals surface area contributed by atoms with E-state index in [0.29, 0.717) is 0 Å². The number of aromatic nitrogens is 4. The average molecular weight is 408 g/mol. The van der Waals surface area contributed by atoms with Crippen molar-refractivity contribution < 1.29 is 0 Å². The highest BCUT2D eigenvalue weighted by Crippen LogP contribution is 2.26. The van der Waals surface area contributed by atoms with E-state index in [1.807, 2.05) is 40.0 Å². The second-order valence-electron chi connectivity index (χ2n) is 7.83. The van der Waals surface area contributed by atoms with Gasteiger partial charge in [0.05, 0.1) is 23.8 Å². The largest absolute Gasteiger partial charge is 0.306 e. The van der Waals surface area contributed by atoms with E-state index in [0.717, 1.165) is 29.2 Å². The van der Waals surface area contributed by atoms with Crippen LogP contribution in [0, 0.1) is 6.92 Å². The molecule has 154 valence electrons. The van der Waals surface area contributed by atoms with Gasteiger partial charge in [0.2, 0.25) is 0 Å². The molecule has 0 bridgehead atoms. The molecule has 0 saturated carbocycles. The van der Waals surface area contributed by atoms with Crippen molar-refractivity contribution in [1.29, 1.82) is 0 Å². The minimum Gasteiger partial charge on any atom is -0.306 e. The fourth-order valence-electron chi connectivity index (χ4n) is 4.04. The quantitative estimate of drug-likeness (QED) is 0.412. The molecule has 0 saturated heterocycles. The van der Waals surface area contributed by atoms with Gasteiger partial charge in [-0.05, 0) is 37.4 Å². The van der Waals surface area contributed by atoms with Crippen LogP contribution in [0.3, 0.4) is 0 Å². The maximum absolute atomic E-state index is 4.72. The molecule has 3 aromatic carbocycles. The van der Waals surface area contributed by atoms with E-state index in [9.17, 15) is 0 Å². The molecule has 0 amide bonds. The van der Waals surface area contributed by atoms with Gasteiger partial charge in [-0.25, -0.2) is 9.36 Å². The lowest BCUT2D eigenvalue weighted by Crippen LogP contribution is -2.18. The molecule has 2 aromatic heterocycles. The molecule has 0 aliphatic heterocycles. The van der Waals surface area contributed by atoms with Crippen LogP contribution in [0.15, 0.2) is 91.4 Å². The van der Waals surface area contributed by atoms with Gasteiger partial charge in [0, 0.05) is 41.0 Å². The summed E-state index contributed by atoms with van der Waals surface area (Å²) in [4.78, 5) is 0. The maximum Gasteiger partial charge on any atom is 0.0727 e. The maximum atomic E-state index is 4.72. The molecule has 1 atom stereocenters. The summed E-state index contributed by atoms with van der Waals surface area (Å²) >= 11 is 0. The van der Waals surface area contributed by atoms with Crippen molar-refractivity contribution in [2.45, 2.75) is 26.4 Å². The number of nitrogens with one attached hydrogen (secondary N) is 1. The molecule has 0 spiro atoms. The van der Waals surface area contributed by atoms with Crippen molar-refractivity contribution in [2.24, 2.45) is 0 Å². The van der Waals surface area contributed by atoms with E-state index in [1.165, 1.54) is 16.3 Å². The van der Waals surface area contributed by atoms with Crippen LogP contribution in [-0.2, 0) is 6.54 Å². The Morgan fingerprint density at radius 1 is 0.871 bits per heavy atom. The summed E-state index contributed by atoms with van der Waals surface area (Å²) in [5.41, 5.74) is 5.67. The van der Waals surface area contributed by atoms with Gasteiger partial charge in [-0.3, -0.25) is 0 Å². The van der Waals surface area contributed by atoms with Crippen molar-refractivity contribution in [1.82, 2.24) is 24.9 Å². The van der Waals surface area contributed by atoms with Crippen LogP contribution in [0.5, 0.6) is 0 Å². The fourth-order valence-corrected chi connectivity index (χ4v) is 4.04. The monoisotopic (exact) mass is 407 g/mol. The van der Waals surface area contributed by atoms with Crippen molar-refractivity contribution in [3.8, 4) is 11.4 Å². The predicted octanol–water partition coefficient (Wildman–Crippen LogP) is 5.37. The summed E-state index contributed by atoms with van der Waals surface area (Å²) in [5, 5.41) is 15.2. The Morgan fingerprint density at radius 3 is 2.52 bits per heavy atom. The number of fused-ring (bicyclic) bond motifs is 1. The first-order valence-corrected chi connectivity index (χ1v) is 10.6. The SMILES string of the molecule is Cc1c(C(C)NCc2cnn(-c3ccccc3)c2)cnn1-c1cccc2ccccc12. The number of benzene rings is 3. The van der Waals surface area contributed by atoms with Crippen molar-refractivity contribution in [3.63, 3.8) is 0 Å². The van der Waals surface area contributed by atoms with E-state index in [2.05, 4.69) is 85.1 Å². The molecule has 5 rings (SSSR count). The zero-order valence-electron chi connectivity index (χ0n) is 17.7. The topological polar surface area (TPSA) is 47.7 Å². The molecule has 0 aliphatic rings. The average Bonchev–Trinajstić information content (AvgIpc) is 3.44. The van der Waals surface area contributed by atoms with Gasteiger partial charge >= 0.3 is 0 Å². The van der Waals surface area contributed by atoms with Crippen molar-refractivity contribution >= 4 is 10.8 Å². The van der Waals surface area contributed by atoms with Gasteiger partial charge in [0.15, 0.2) is 0 Å². The third-order valence-corrected chi connectivity index (χ3v) is 5.78. The molecule has 0 aliphatic carbocycles. The van der Waals surface area contributed by atoms with Crippen LogP contribution in [0.1, 0.15) is 29.8 Å². The first-order valence-electron chi connectivity index (χ1n) is 10.6. The predicted molar refractivity (Wildman–Crippen MR) is 125 cm³/mol. The summed E-state index contributed by atoms with van der Waals surface area (Å²) in [5.74, 6) is 0. The Kier molecular flexibility index (Phi) is 5.10. The molecular weight excluding hydrogens is 382 g/mol. The zero-order chi connectivity index (χ0) is 21.2. The lowest BCUT2D eigenvalue weighted by Gasteiger charge is -2.14. The smallest absolute Gasteiger partial charge is 0.0727 e. The highest BCUT2D eigenvalue weighted by atomic mass is 15.3. The molecule has 5 aromatic rings. The number of hydrogen-bond acceptors (Lipinski definition) is 3. The van der Waals surface area contributed by atoms with Crippen LogP contribution in [0.25, 0.3) is 22.1 Å². The first-order chi connectivity index (χ1) is 15.2. The summed E-state index contributed by atoms with van der Waals surface area (Å²) in [6.07, 6.45) is 5.96. The fraction of sp³-hybridized carbons (Fsp3) is 0.154. The van der Waals surface area contributed by atoms with Crippen molar-refractivity contribution in [3.05, 3.63) is 108 Å². The lowest BCUT2D eigenvalue weighted by atomic mass is 10.1. The summed E-state index contributed by atoms with van der Waals surface area (Å²) < 4.78 is 3.95. The van der Waals surface area contributed by atoms with Gasteiger partial charge < -0.3 is 5.32 Å². The molecule has 1 N–H and O–H groups in total. The minimum absolute atomic E-state index is 0.170. The van der Waals surface area contributed by atoms with Crippen LogP contribution in [-0.4, -0.2) is 19.6 Å². The van der Waals surface area contributed by atoms with E-state index in [-0.39, 0.29) is 6.04 Å². The third-order valence-electron chi connectivity index (χ3n) is 5.78. The Labute approximate surface area is 182 Å². The summed E-state index contributed by atoms with van der Waals surface area (Å²) in [7, 11) is 0. The number of para-hydroxylation sites is 1. The Morgan fingerprint density at radius 2 is 1.65 bits per heavy atom.